The maximum absolute atomic E-state index is 12.3. The van der Waals surface area contributed by atoms with Crippen LogP contribution in [0.25, 0.3) is 0 Å². The molecular formula is C18H19BrN2O2. The molecule has 2 amide bonds. The van der Waals surface area contributed by atoms with Crippen molar-refractivity contribution < 1.29 is 9.59 Å². The number of benzene rings is 2. The van der Waals surface area contributed by atoms with Crippen LogP contribution >= 0.6 is 15.9 Å². The van der Waals surface area contributed by atoms with Crippen LogP contribution in [0.1, 0.15) is 27.0 Å². The Labute approximate surface area is 144 Å². The lowest BCUT2D eigenvalue weighted by Crippen LogP contribution is -2.46. The van der Waals surface area contributed by atoms with E-state index in [0.717, 1.165) is 21.2 Å². The molecule has 0 radical (unpaired) electrons. The van der Waals surface area contributed by atoms with Gasteiger partial charge in [-0.15, -0.1) is 0 Å². The van der Waals surface area contributed by atoms with Crippen LogP contribution in [0, 0.1) is 13.8 Å². The van der Waals surface area contributed by atoms with E-state index in [9.17, 15) is 9.59 Å². The summed E-state index contributed by atoms with van der Waals surface area (Å²) in [6, 6.07) is 12.2. The SMILES string of the molecule is Cc1cccc(C)c1C[C@@H](NC(=O)c1cccc(Br)c1)C(N)=O. The minimum atomic E-state index is -0.749. The number of carbonyl (C=O) groups is 2. The zero-order chi connectivity index (χ0) is 17.0. The highest BCUT2D eigenvalue weighted by atomic mass is 79.9. The molecule has 0 fully saturated rings. The topological polar surface area (TPSA) is 72.2 Å². The first-order valence-corrected chi connectivity index (χ1v) is 8.08. The van der Waals surface area contributed by atoms with Gasteiger partial charge < -0.3 is 11.1 Å². The zero-order valence-electron chi connectivity index (χ0n) is 13.1. The molecule has 0 unspecified atom stereocenters. The summed E-state index contributed by atoms with van der Waals surface area (Å²) in [5, 5.41) is 2.73. The third kappa shape index (κ3) is 4.42. The number of hydrogen-bond acceptors (Lipinski definition) is 2. The fourth-order valence-electron chi connectivity index (χ4n) is 2.47. The number of amides is 2. The summed E-state index contributed by atoms with van der Waals surface area (Å²) < 4.78 is 0.801. The van der Waals surface area contributed by atoms with Crippen LogP contribution in [0.5, 0.6) is 0 Å². The number of aryl methyl sites for hydroxylation is 2. The Hall–Kier alpha value is -2.14. The van der Waals surface area contributed by atoms with Crippen molar-refractivity contribution in [1.29, 1.82) is 0 Å². The minimum absolute atomic E-state index is 0.318. The predicted molar refractivity (Wildman–Crippen MR) is 94.2 cm³/mol. The molecule has 0 heterocycles. The number of primary amides is 1. The Morgan fingerprint density at radius 2 is 1.74 bits per heavy atom. The van der Waals surface area contributed by atoms with E-state index in [0.29, 0.717) is 12.0 Å². The zero-order valence-corrected chi connectivity index (χ0v) is 14.7. The highest BCUT2D eigenvalue weighted by Gasteiger charge is 2.21. The van der Waals surface area contributed by atoms with Crippen LogP contribution in [0.3, 0.4) is 0 Å². The maximum atomic E-state index is 12.3. The molecule has 0 saturated heterocycles. The van der Waals surface area contributed by atoms with Crippen molar-refractivity contribution in [1.82, 2.24) is 5.32 Å². The fraction of sp³-hybridized carbons (Fsp3) is 0.222. The molecule has 1 atom stereocenters. The number of rotatable bonds is 5. The van der Waals surface area contributed by atoms with Crippen molar-refractivity contribution in [2.24, 2.45) is 5.73 Å². The van der Waals surface area contributed by atoms with E-state index in [4.69, 9.17) is 5.73 Å². The summed E-state index contributed by atoms with van der Waals surface area (Å²) >= 11 is 3.33. The molecule has 2 rings (SSSR count). The molecule has 23 heavy (non-hydrogen) atoms. The quantitative estimate of drug-likeness (QED) is 0.844. The van der Waals surface area contributed by atoms with Crippen molar-refractivity contribution in [3.8, 4) is 0 Å². The van der Waals surface area contributed by atoms with E-state index in [1.165, 1.54) is 0 Å². The first-order valence-electron chi connectivity index (χ1n) is 7.29. The molecule has 0 saturated carbocycles. The normalized spacial score (nSPS) is 11.8. The summed E-state index contributed by atoms with van der Waals surface area (Å²) in [5.74, 6) is -0.864. The van der Waals surface area contributed by atoms with Crippen LogP contribution in [-0.2, 0) is 11.2 Å². The average Bonchev–Trinajstić information content (AvgIpc) is 2.49. The summed E-state index contributed by atoms with van der Waals surface area (Å²) in [5.41, 5.74) is 9.14. The van der Waals surface area contributed by atoms with Gasteiger partial charge in [0.15, 0.2) is 0 Å². The van der Waals surface area contributed by atoms with E-state index < -0.39 is 11.9 Å². The van der Waals surface area contributed by atoms with Crippen molar-refractivity contribution in [2.45, 2.75) is 26.3 Å². The van der Waals surface area contributed by atoms with E-state index in [1.54, 1.807) is 18.2 Å². The lowest BCUT2D eigenvalue weighted by atomic mass is 9.96. The molecule has 0 aliphatic rings. The van der Waals surface area contributed by atoms with Gasteiger partial charge in [-0.05, 0) is 48.7 Å². The molecule has 3 N–H and O–H groups in total. The van der Waals surface area contributed by atoms with Gasteiger partial charge in [-0.1, -0.05) is 40.2 Å². The largest absolute Gasteiger partial charge is 0.368 e. The van der Waals surface area contributed by atoms with Crippen LogP contribution in [0.15, 0.2) is 46.9 Å². The third-order valence-corrected chi connectivity index (χ3v) is 4.28. The van der Waals surface area contributed by atoms with E-state index >= 15 is 0 Å². The highest BCUT2D eigenvalue weighted by Crippen LogP contribution is 2.16. The standard InChI is InChI=1S/C18H19BrN2O2/c1-11-5-3-6-12(2)15(11)10-16(17(20)22)21-18(23)13-7-4-8-14(19)9-13/h3-9,16H,10H2,1-2H3,(H2,20,22)(H,21,23)/t16-/m1/s1. The van der Waals surface area contributed by atoms with Crippen molar-refractivity contribution in [3.63, 3.8) is 0 Å². The fourth-order valence-corrected chi connectivity index (χ4v) is 2.87. The summed E-state index contributed by atoms with van der Waals surface area (Å²) in [6.07, 6.45) is 0.383. The van der Waals surface area contributed by atoms with Crippen LogP contribution in [0.4, 0.5) is 0 Å². The summed E-state index contributed by atoms with van der Waals surface area (Å²) in [7, 11) is 0. The number of carbonyl (C=O) groups excluding carboxylic acids is 2. The molecule has 0 spiro atoms. The number of halogens is 1. The lowest BCUT2D eigenvalue weighted by Gasteiger charge is -2.18. The van der Waals surface area contributed by atoms with Gasteiger partial charge in [0.25, 0.3) is 5.91 Å². The summed E-state index contributed by atoms with van der Waals surface area (Å²) in [6.45, 7) is 3.97. The molecule has 2 aromatic rings. The maximum Gasteiger partial charge on any atom is 0.251 e. The van der Waals surface area contributed by atoms with E-state index in [-0.39, 0.29) is 5.91 Å². The van der Waals surface area contributed by atoms with Crippen LogP contribution < -0.4 is 11.1 Å². The second kappa shape index (κ2) is 7.42. The molecule has 0 aromatic heterocycles. The Balaban J connectivity index is 2.19. The third-order valence-electron chi connectivity index (χ3n) is 3.79. The first kappa shape index (κ1) is 17.2. The predicted octanol–water partition coefficient (Wildman–Crippen LogP) is 2.89. The van der Waals surface area contributed by atoms with Gasteiger partial charge in [0.1, 0.15) is 6.04 Å². The molecule has 120 valence electrons. The lowest BCUT2D eigenvalue weighted by molar-refractivity contribution is -0.119. The first-order chi connectivity index (χ1) is 10.9. The van der Waals surface area contributed by atoms with Gasteiger partial charge in [0, 0.05) is 16.5 Å². The summed E-state index contributed by atoms with van der Waals surface area (Å²) in [4.78, 5) is 24.1. The van der Waals surface area contributed by atoms with Crippen molar-refractivity contribution in [3.05, 3.63) is 69.2 Å². The van der Waals surface area contributed by atoms with Gasteiger partial charge in [0.05, 0.1) is 0 Å². The van der Waals surface area contributed by atoms with Crippen molar-refractivity contribution >= 4 is 27.7 Å². The van der Waals surface area contributed by atoms with Crippen LogP contribution in [0.2, 0.25) is 0 Å². The highest BCUT2D eigenvalue weighted by molar-refractivity contribution is 9.10. The Morgan fingerprint density at radius 1 is 1.13 bits per heavy atom. The Kier molecular flexibility index (Phi) is 5.55. The van der Waals surface area contributed by atoms with E-state index in [2.05, 4.69) is 21.2 Å². The van der Waals surface area contributed by atoms with Gasteiger partial charge >= 0.3 is 0 Å². The van der Waals surface area contributed by atoms with Gasteiger partial charge in [-0.3, -0.25) is 9.59 Å². The second-order valence-electron chi connectivity index (χ2n) is 5.51. The molecule has 0 aliphatic carbocycles. The molecule has 5 heteroatoms. The molecule has 4 nitrogen and oxygen atoms in total. The minimum Gasteiger partial charge on any atom is -0.368 e. The molecule has 0 aliphatic heterocycles. The van der Waals surface area contributed by atoms with E-state index in [1.807, 2.05) is 38.1 Å². The molecular weight excluding hydrogens is 356 g/mol. The van der Waals surface area contributed by atoms with Gasteiger partial charge in [0.2, 0.25) is 5.91 Å². The molecule has 0 bridgehead atoms. The van der Waals surface area contributed by atoms with Gasteiger partial charge in [-0.25, -0.2) is 0 Å². The monoisotopic (exact) mass is 374 g/mol. The number of nitrogens with one attached hydrogen (secondary N) is 1. The van der Waals surface area contributed by atoms with Crippen LogP contribution in [-0.4, -0.2) is 17.9 Å². The Morgan fingerprint density at radius 3 is 2.30 bits per heavy atom. The second-order valence-corrected chi connectivity index (χ2v) is 6.43. The van der Waals surface area contributed by atoms with Gasteiger partial charge in [-0.2, -0.15) is 0 Å². The average molecular weight is 375 g/mol. The molecule has 2 aromatic carbocycles. The smallest absolute Gasteiger partial charge is 0.251 e. The van der Waals surface area contributed by atoms with Crippen molar-refractivity contribution in [2.75, 3.05) is 0 Å². The Bertz CT molecular complexity index is 723. The number of hydrogen-bond donors (Lipinski definition) is 2. The number of nitrogens with two attached hydrogens (primary N) is 1.